The highest BCUT2D eigenvalue weighted by atomic mass is 32.1. The van der Waals surface area contributed by atoms with Crippen LogP contribution in [0.3, 0.4) is 0 Å². The summed E-state index contributed by atoms with van der Waals surface area (Å²) in [4.78, 5) is 11.0. The van der Waals surface area contributed by atoms with Crippen molar-refractivity contribution >= 4 is 27.9 Å². The lowest BCUT2D eigenvalue weighted by Gasteiger charge is -2.15. The number of alkyl halides is 3. The minimum absolute atomic E-state index is 0.145. The van der Waals surface area contributed by atoms with Crippen molar-refractivity contribution in [2.45, 2.75) is 25.6 Å². The average Bonchev–Trinajstić information content (AvgIpc) is 2.42. The Bertz CT molecular complexity index is 416. The van der Waals surface area contributed by atoms with E-state index in [1.165, 1.54) is 13.0 Å². The van der Waals surface area contributed by atoms with Gasteiger partial charge in [-0.3, -0.25) is 4.79 Å². The number of rotatable bonds is 4. The van der Waals surface area contributed by atoms with E-state index >= 15 is 0 Å². The molecular weight excluding hydrogens is 255 g/mol. The number of thiophene rings is 1. The van der Waals surface area contributed by atoms with Crippen molar-refractivity contribution in [2.75, 3.05) is 11.1 Å². The van der Waals surface area contributed by atoms with E-state index in [4.69, 9.17) is 11.5 Å². The Labute approximate surface area is 99.8 Å². The Balaban J connectivity index is 2.69. The summed E-state index contributed by atoms with van der Waals surface area (Å²) in [5.74, 6) is -0.691. The number of halogens is 3. The molecule has 1 unspecified atom stereocenters. The van der Waals surface area contributed by atoms with E-state index in [1.807, 2.05) is 0 Å². The van der Waals surface area contributed by atoms with E-state index < -0.39 is 24.5 Å². The van der Waals surface area contributed by atoms with E-state index in [9.17, 15) is 18.0 Å². The van der Waals surface area contributed by atoms with Crippen LogP contribution in [0.25, 0.3) is 0 Å². The second kappa shape index (κ2) is 4.82. The van der Waals surface area contributed by atoms with Crippen LogP contribution in [-0.2, 0) is 0 Å². The molecule has 96 valence electrons. The molecule has 0 fully saturated rings. The summed E-state index contributed by atoms with van der Waals surface area (Å²) in [6.07, 6.45) is -5.20. The van der Waals surface area contributed by atoms with Crippen LogP contribution in [-0.4, -0.2) is 18.1 Å². The molecule has 1 atom stereocenters. The summed E-state index contributed by atoms with van der Waals surface area (Å²) >= 11 is 0.944. The number of nitrogens with one attached hydrogen (secondary N) is 1. The summed E-state index contributed by atoms with van der Waals surface area (Å²) in [6.45, 7) is 1.40. The number of anilines is 2. The molecule has 0 spiro atoms. The summed E-state index contributed by atoms with van der Waals surface area (Å²) < 4.78 is 36.3. The third kappa shape index (κ3) is 4.14. The first-order valence-electron chi connectivity index (χ1n) is 4.71. The number of hydrogen-bond acceptors (Lipinski definition) is 4. The zero-order valence-corrected chi connectivity index (χ0v) is 9.78. The van der Waals surface area contributed by atoms with Crippen molar-refractivity contribution in [3.63, 3.8) is 0 Å². The SMILES string of the molecule is CC(CC(F)(F)F)Nc1cc(N)c(C(N)=O)s1. The average molecular weight is 267 g/mol. The fourth-order valence-electron chi connectivity index (χ4n) is 1.31. The maximum atomic E-state index is 12.1. The van der Waals surface area contributed by atoms with E-state index in [1.54, 1.807) is 0 Å². The summed E-state index contributed by atoms with van der Waals surface area (Å²) in [6, 6.07) is 0.603. The Morgan fingerprint density at radius 3 is 2.59 bits per heavy atom. The second-order valence-corrected chi connectivity index (χ2v) is 4.68. The van der Waals surface area contributed by atoms with E-state index in [2.05, 4.69) is 5.32 Å². The molecule has 0 aliphatic heterocycles. The molecule has 4 nitrogen and oxygen atoms in total. The number of nitrogens with two attached hydrogens (primary N) is 2. The molecule has 0 saturated carbocycles. The van der Waals surface area contributed by atoms with E-state index in [0.29, 0.717) is 5.00 Å². The highest BCUT2D eigenvalue weighted by Crippen LogP contribution is 2.30. The van der Waals surface area contributed by atoms with Gasteiger partial charge in [-0.15, -0.1) is 11.3 Å². The van der Waals surface area contributed by atoms with Crippen LogP contribution in [0.1, 0.15) is 23.0 Å². The predicted octanol–water partition coefficient (Wildman–Crippen LogP) is 2.18. The standard InChI is InChI=1S/C9H12F3N3OS/c1-4(3-9(10,11)12)15-6-2-5(13)7(17-6)8(14)16/h2,4,15H,3,13H2,1H3,(H2,14,16). The van der Waals surface area contributed by atoms with Crippen LogP contribution in [0.2, 0.25) is 0 Å². The fraction of sp³-hybridized carbons (Fsp3) is 0.444. The lowest BCUT2D eigenvalue weighted by Crippen LogP contribution is -2.23. The van der Waals surface area contributed by atoms with Crippen molar-refractivity contribution < 1.29 is 18.0 Å². The quantitative estimate of drug-likeness (QED) is 0.782. The van der Waals surface area contributed by atoms with Crippen molar-refractivity contribution in [3.8, 4) is 0 Å². The van der Waals surface area contributed by atoms with Crippen LogP contribution in [0.4, 0.5) is 23.9 Å². The normalized spacial score (nSPS) is 13.4. The van der Waals surface area contributed by atoms with Crippen LogP contribution in [0.15, 0.2) is 6.07 Å². The van der Waals surface area contributed by atoms with Gasteiger partial charge in [-0.2, -0.15) is 13.2 Å². The van der Waals surface area contributed by atoms with Gasteiger partial charge in [-0.25, -0.2) is 0 Å². The Morgan fingerprint density at radius 2 is 2.18 bits per heavy atom. The molecule has 0 bridgehead atoms. The second-order valence-electron chi connectivity index (χ2n) is 3.62. The molecule has 0 radical (unpaired) electrons. The predicted molar refractivity (Wildman–Crippen MR) is 61.0 cm³/mol. The first kappa shape index (κ1) is 13.6. The minimum atomic E-state index is -4.23. The van der Waals surface area contributed by atoms with Gasteiger partial charge in [0.25, 0.3) is 5.91 Å². The third-order valence-electron chi connectivity index (χ3n) is 1.91. The van der Waals surface area contributed by atoms with Crippen molar-refractivity contribution in [1.29, 1.82) is 0 Å². The largest absolute Gasteiger partial charge is 0.397 e. The van der Waals surface area contributed by atoms with Crippen molar-refractivity contribution in [3.05, 3.63) is 10.9 Å². The molecule has 17 heavy (non-hydrogen) atoms. The van der Waals surface area contributed by atoms with Crippen LogP contribution >= 0.6 is 11.3 Å². The zero-order valence-electron chi connectivity index (χ0n) is 8.97. The molecule has 1 aromatic rings. The molecule has 1 aromatic heterocycles. The molecular formula is C9H12F3N3OS. The Morgan fingerprint density at radius 1 is 1.59 bits per heavy atom. The smallest absolute Gasteiger partial charge is 0.391 e. The summed E-state index contributed by atoms with van der Waals surface area (Å²) in [5, 5.41) is 3.02. The molecule has 0 saturated heterocycles. The van der Waals surface area contributed by atoms with Gasteiger partial charge in [0.1, 0.15) is 4.88 Å². The van der Waals surface area contributed by atoms with Gasteiger partial charge in [-0.1, -0.05) is 0 Å². The Hall–Kier alpha value is -1.44. The maximum Gasteiger partial charge on any atom is 0.391 e. The molecule has 5 N–H and O–H groups in total. The summed E-state index contributed by atoms with van der Waals surface area (Å²) in [5.41, 5.74) is 10.7. The fourth-order valence-corrected chi connectivity index (χ4v) is 2.25. The molecule has 1 heterocycles. The Kier molecular flexibility index (Phi) is 3.87. The van der Waals surface area contributed by atoms with Crippen molar-refractivity contribution in [1.82, 2.24) is 0 Å². The van der Waals surface area contributed by atoms with E-state index in [0.717, 1.165) is 11.3 Å². The number of carbonyl (C=O) groups is 1. The highest BCUT2D eigenvalue weighted by Gasteiger charge is 2.30. The van der Waals surface area contributed by atoms with Gasteiger partial charge in [0, 0.05) is 6.04 Å². The number of amides is 1. The van der Waals surface area contributed by atoms with Gasteiger partial charge in [0.05, 0.1) is 17.1 Å². The zero-order chi connectivity index (χ0) is 13.2. The molecule has 0 aliphatic carbocycles. The molecule has 1 rings (SSSR count). The maximum absolute atomic E-state index is 12.1. The number of nitrogen functional groups attached to an aromatic ring is 1. The molecule has 0 aromatic carbocycles. The highest BCUT2D eigenvalue weighted by molar-refractivity contribution is 7.18. The molecule has 8 heteroatoms. The molecule has 1 amide bonds. The third-order valence-corrected chi connectivity index (χ3v) is 3.01. The van der Waals surface area contributed by atoms with Gasteiger partial charge in [0.15, 0.2) is 0 Å². The lowest BCUT2D eigenvalue weighted by atomic mass is 10.2. The van der Waals surface area contributed by atoms with Gasteiger partial charge < -0.3 is 16.8 Å². The number of hydrogen-bond donors (Lipinski definition) is 3. The van der Waals surface area contributed by atoms with Crippen LogP contribution in [0, 0.1) is 0 Å². The number of primary amides is 1. The lowest BCUT2D eigenvalue weighted by molar-refractivity contribution is -0.136. The minimum Gasteiger partial charge on any atom is -0.397 e. The van der Waals surface area contributed by atoms with Gasteiger partial charge >= 0.3 is 6.18 Å². The van der Waals surface area contributed by atoms with Gasteiger partial charge in [-0.05, 0) is 13.0 Å². The van der Waals surface area contributed by atoms with Crippen LogP contribution in [0.5, 0.6) is 0 Å². The monoisotopic (exact) mass is 267 g/mol. The first-order valence-corrected chi connectivity index (χ1v) is 5.53. The van der Waals surface area contributed by atoms with Crippen molar-refractivity contribution in [2.24, 2.45) is 5.73 Å². The van der Waals surface area contributed by atoms with Gasteiger partial charge in [0.2, 0.25) is 0 Å². The topological polar surface area (TPSA) is 81.1 Å². The summed E-state index contributed by atoms with van der Waals surface area (Å²) in [7, 11) is 0. The van der Waals surface area contributed by atoms with Crippen LogP contribution < -0.4 is 16.8 Å². The first-order chi connectivity index (χ1) is 7.69. The van der Waals surface area contributed by atoms with E-state index in [-0.39, 0.29) is 10.6 Å². The number of carbonyl (C=O) groups excluding carboxylic acids is 1. The molecule has 0 aliphatic rings.